The highest BCUT2D eigenvalue weighted by molar-refractivity contribution is 9.10. The predicted octanol–water partition coefficient (Wildman–Crippen LogP) is 2.09. The molecule has 1 unspecified atom stereocenters. The van der Waals surface area contributed by atoms with E-state index in [-0.39, 0.29) is 0 Å². The summed E-state index contributed by atoms with van der Waals surface area (Å²) in [6.45, 7) is 0. The molecule has 4 heteroatoms. The van der Waals surface area contributed by atoms with E-state index in [4.69, 9.17) is 5.26 Å². The summed E-state index contributed by atoms with van der Waals surface area (Å²) in [6.07, 6.45) is 2.16. The van der Waals surface area contributed by atoms with Gasteiger partial charge in [-0.3, -0.25) is 0 Å². The van der Waals surface area contributed by atoms with Gasteiger partial charge in [-0.1, -0.05) is 0 Å². The molecule has 1 aliphatic rings. The number of rotatable bonds is 0. The van der Waals surface area contributed by atoms with Crippen molar-refractivity contribution in [1.82, 2.24) is 4.98 Å². The molecule has 3 nitrogen and oxygen atoms in total. The molecule has 0 spiro atoms. The van der Waals surface area contributed by atoms with Crippen molar-refractivity contribution in [3.05, 3.63) is 27.5 Å². The monoisotopic (exact) mass is 252 g/mol. The number of aryl methyl sites for hydroxylation is 1. The second-order valence-electron chi connectivity index (χ2n) is 3.39. The Morgan fingerprint density at radius 2 is 2.43 bits per heavy atom. The number of nitrogens with zero attached hydrogens (tertiary/aromatic N) is 2. The first-order chi connectivity index (χ1) is 6.72. The molecule has 1 N–H and O–H groups in total. The maximum Gasteiger partial charge on any atom is 0.124 e. The van der Waals surface area contributed by atoms with Crippen molar-refractivity contribution < 1.29 is 5.11 Å². The van der Waals surface area contributed by atoms with E-state index in [0.29, 0.717) is 10.2 Å². The molecule has 0 saturated heterocycles. The van der Waals surface area contributed by atoms with Gasteiger partial charge in [0.15, 0.2) is 0 Å². The third-order valence-corrected chi connectivity index (χ3v) is 3.05. The van der Waals surface area contributed by atoms with Crippen LogP contribution in [0.4, 0.5) is 0 Å². The molecule has 0 aliphatic heterocycles. The maximum atomic E-state index is 9.68. The van der Waals surface area contributed by atoms with Crippen LogP contribution in [0.25, 0.3) is 0 Å². The molecule has 1 heterocycles. The van der Waals surface area contributed by atoms with Crippen LogP contribution in [0.2, 0.25) is 0 Å². The lowest BCUT2D eigenvalue weighted by atomic mass is 9.93. The average Bonchev–Trinajstić information content (AvgIpc) is 2.19. The number of fused-ring (bicyclic) bond motifs is 1. The van der Waals surface area contributed by atoms with E-state index in [1.807, 2.05) is 6.07 Å². The maximum absolute atomic E-state index is 9.68. The van der Waals surface area contributed by atoms with Gasteiger partial charge in [-0.2, -0.15) is 5.26 Å². The van der Waals surface area contributed by atoms with Crippen LogP contribution in [-0.2, 0) is 6.42 Å². The third kappa shape index (κ3) is 1.54. The second-order valence-corrected chi connectivity index (χ2v) is 4.14. The number of hydrogen-bond donors (Lipinski definition) is 1. The van der Waals surface area contributed by atoms with E-state index in [1.165, 1.54) is 0 Å². The molecule has 1 atom stereocenters. The van der Waals surface area contributed by atoms with E-state index >= 15 is 0 Å². The van der Waals surface area contributed by atoms with Crippen molar-refractivity contribution in [1.29, 1.82) is 5.26 Å². The number of hydrogen-bond acceptors (Lipinski definition) is 3. The van der Waals surface area contributed by atoms with Gasteiger partial charge >= 0.3 is 0 Å². The normalized spacial score (nSPS) is 19.9. The van der Waals surface area contributed by atoms with Gasteiger partial charge in [-0.15, -0.1) is 0 Å². The molecule has 1 aromatic heterocycles. The quantitative estimate of drug-likeness (QED) is 0.720. The molecular weight excluding hydrogens is 244 g/mol. The van der Waals surface area contributed by atoms with Crippen molar-refractivity contribution in [3.8, 4) is 6.07 Å². The lowest BCUT2D eigenvalue weighted by Gasteiger charge is -2.20. The molecule has 14 heavy (non-hydrogen) atoms. The van der Waals surface area contributed by atoms with Crippen LogP contribution >= 0.6 is 15.9 Å². The minimum atomic E-state index is -0.470. The summed E-state index contributed by atoms with van der Waals surface area (Å²) in [5, 5.41) is 18.5. The number of pyridine rings is 1. The van der Waals surface area contributed by atoms with Crippen LogP contribution in [0.15, 0.2) is 10.7 Å². The topological polar surface area (TPSA) is 56.9 Å². The zero-order valence-corrected chi connectivity index (χ0v) is 9.08. The van der Waals surface area contributed by atoms with Gasteiger partial charge in [0, 0.05) is 0 Å². The zero-order chi connectivity index (χ0) is 10.1. The van der Waals surface area contributed by atoms with E-state index < -0.39 is 6.10 Å². The molecule has 1 aromatic rings. The highest BCUT2D eigenvalue weighted by atomic mass is 79.9. The Labute approximate surface area is 90.5 Å². The van der Waals surface area contributed by atoms with Crippen molar-refractivity contribution in [3.63, 3.8) is 0 Å². The van der Waals surface area contributed by atoms with E-state index in [2.05, 4.69) is 27.0 Å². The first-order valence-corrected chi connectivity index (χ1v) is 5.29. The van der Waals surface area contributed by atoms with Crippen molar-refractivity contribution in [2.75, 3.05) is 0 Å². The number of halogens is 1. The molecule has 1 aliphatic carbocycles. The zero-order valence-electron chi connectivity index (χ0n) is 7.50. The number of aliphatic hydroxyl groups is 1. The highest BCUT2D eigenvalue weighted by Gasteiger charge is 2.21. The molecule has 0 amide bonds. The summed E-state index contributed by atoms with van der Waals surface area (Å²) >= 11 is 3.22. The summed E-state index contributed by atoms with van der Waals surface area (Å²) < 4.78 is 0.528. The SMILES string of the molecule is N#Cc1cc2c(nc1Br)C(O)CCC2. The Balaban J connectivity index is 2.55. The van der Waals surface area contributed by atoms with Crippen LogP contribution in [0.3, 0.4) is 0 Å². The molecule has 2 rings (SSSR count). The summed E-state index contributed by atoms with van der Waals surface area (Å²) in [7, 11) is 0. The van der Waals surface area contributed by atoms with Gasteiger partial charge in [0.25, 0.3) is 0 Å². The Morgan fingerprint density at radius 1 is 1.64 bits per heavy atom. The van der Waals surface area contributed by atoms with Gasteiger partial charge in [0.05, 0.1) is 17.4 Å². The summed E-state index contributed by atoms with van der Waals surface area (Å²) in [6, 6.07) is 3.88. The first-order valence-electron chi connectivity index (χ1n) is 4.50. The van der Waals surface area contributed by atoms with Crippen LogP contribution in [0.5, 0.6) is 0 Å². The van der Waals surface area contributed by atoms with Crippen molar-refractivity contribution in [2.24, 2.45) is 0 Å². The van der Waals surface area contributed by atoms with Gasteiger partial charge in [-0.25, -0.2) is 4.98 Å². The standard InChI is InChI=1S/C10H9BrN2O/c11-10-7(5-12)4-6-2-1-3-8(14)9(6)13-10/h4,8,14H,1-3H2. The Kier molecular flexibility index (Phi) is 2.53. The summed E-state index contributed by atoms with van der Waals surface area (Å²) in [4.78, 5) is 4.21. The molecule has 0 aromatic carbocycles. The fourth-order valence-electron chi connectivity index (χ4n) is 1.74. The Hall–Kier alpha value is -0.920. The molecule has 0 saturated carbocycles. The third-order valence-electron chi connectivity index (χ3n) is 2.45. The van der Waals surface area contributed by atoms with Crippen LogP contribution < -0.4 is 0 Å². The minimum absolute atomic E-state index is 0.470. The Bertz CT molecular complexity index is 411. The number of nitriles is 1. The smallest absolute Gasteiger partial charge is 0.124 e. The molecule has 72 valence electrons. The van der Waals surface area contributed by atoms with Crippen LogP contribution in [0, 0.1) is 11.3 Å². The van der Waals surface area contributed by atoms with Crippen LogP contribution in [0.1, 0.15) is 35.8 Å². The molecular formula is C10H9BrN2O. The predicted molar refractivity (Wildman–Crippen MR) is 54.5 cm³/mol. The van der Waals surface area contributed by atoms with Gasteiger partial charge < -0.3 is 5.11 Å². The van der Waals surface area contributed by atoms with E-state index in [0.717, 1.165) is 30.5 Å². The second kappa shape index (κ2) is 3.68. The number of aliphatic hydroxyl groups excluding tert-OH is 1. The molecule has 0 bridgehead atoms. The number of aromatic nitrogens is 1. The van der Waals surface area contributed by atoms with E-state index in [9.17, 15) is 5.11 Å². The molecule has 0 radical (unpaired) electrons. The largest absolute Gasteiger partial charge is 0.387 e. The summed E-state index contributed by atoms with van der Waals surface area (Å²) in [5.41, 5.74) is 2.27. The van der Waals surface area contributed by atoms with Crippen molar-refractivity contribution in [2.45, 2.75) is 25.4 Å². The first kappa shape index (κ1) is 9.63. The van der Waals surface area contributed by atoms with Crippen LogP contribution in [-0.4, -0.2) is 10.1 Å². The lowest BCUT2D eigenvalue weighted by Crippen LogP contribution is -2.12. The van der Waals surface area contributed by atoms with Crippen molar-refractivity contribution >= 4 is 15.9 Å². The van der Waals surface area contributed by atoms with Gasteiger partial charge in [-0.05, 0) is 46.8 Å². The van der Waals surface area contributed by atoms with Gasteiger partial charge in [0.1, 0.15) is 10.7 Å². The fraction of sp³-hybridized carbons (Fsp3) is 0.400. The van der Waals surface area contributed by atoms with Gasteiger partial charge in [0.2, 0.25) is 0 Å². The fourth-order valence-corrected chi connectivity index (χ4v) is 2.13. The Morgan fingerprint density at radius 3 is 3.14 bits per heavy atom. The molecule has 0 fully saturated rings. The average molecular weight is 253 g/mol. The highest BCUT2D eigenvalue weighted by Crippen LogP contribution is 2.30. The van der Waals surface area contributed by atoms with E-state index in [1.54, 1.807) is 0 Å². The summed E-state index contributed by atoms with van der Waals surface area (Å²) in [5.74, 6) is 0. The minimum Gasteiger partial charge on any atom is -0.387 e. The lowest BCUT2D eigenvalue weighted by molar-refractivity contribution is 0.151.